The van der Waals surface area contributed by atoms with E-state index < -0.39 is 11.9 Å². The number of rotatable bonds is 4. The van der Waals surface area contributed by atoms with Crippen LogP contribution in [0.3, 0.4) is 0 Å². The Hall–Kier alpha value is -3.28. The molecule has 0 fully saturated rings. The van der Waals surface area contributed by atoms with Crippen LogP contribution in [0.15, 0.2) is 74.5 Å². The maximum Gasteiger partial charge on any atom is 0.361 e. The van der Waals surface area contributed by atoms with Crippen molar-refractivity contribution in [3.05, 3.63) is 85.9 Å². The van der Waals surface area contributed by atoms with E-state index in [0.717, 1.165) is 12.5 Å². The molecule has 0 aliphatic heterocycles. The van der Waals surface area contributed by atoms with Crippen LogP contribution in [0.2, 0.25) is 0 Å². The Bertz CT molecular complexity index is 570. The highest BCUT2D eigenvalue weighted by Gasteiger charge is 2.04. The predicted molar refractivity (Wildman–Crippen MR) is 79.7 cm³/mol. The highest BCUT2D eigenvalue weighted by Crippen LogP contribution is 1.96. The number of pyridine rings is 2. The Morgan fingerprint density at radius 3 is 1.50 bits per heavy atom. The van der Waals surface area contributed by atoms with Crippen molar-refractivity contribution in [1.82, 2.24) is 9.97 Å². The lowest BCUT2D eigenvalue weighted by atomic mass is 10.4. The number of ether oxygens (including phenoxy) is 2. The topological polar surface area (TPSA) is 78.4 Å². The number of esters is 2. The average molecular weight is 298 g/mol. The normalized spacial score (nSPS) is 8.73. The predicted octanol–water partition coefficient (Wildman–Crippen LogP) is 2.76. The van der Waals surface area contributed by atoms with Crippen LogP contribution >= 0.6 is 0 Å². The van der Waals surface area contributed by atoms with Crippen LogP contribution < -0.4 is 0 Å². The molecule has 6 heteroatoms. The van der Waals surface area contributed by atoms with Gasteiger partial charge in [-0.05, 0) is 24.3 Å². The van der Waals surface area contributed by atoms with Gasteiger partial charge in [0.1, 0.15) is 11.4 Å². The van der Waals surface area contributed by atoms with Gasteiger partial charge in [-0.15, -0.1) is 0 Å². The molecule has 0 amide bonds. The fourth-order valence-electron chi connectivity index (χ4n) is 1.24. The Balaban J connectivity index is 0.000000220. The first-order chi connectivity index (χ1) is 10.7. The van der Waals surface area contributed by atoms with Gasteiger partial charge in [-0.25, -0.2) is 19.6 Å². The van der Waals surface area contributed by atoms with Gasteiger partial charge in [-0.2, -0.15) is 0 Å². The first kappa shape index (κ1) is 16.8. The van der Waals surface area contributed by atoms with Gasteiger partial charge in [-0.3, -0.25) is 0 Å². The SMILES string of the molecule is C=COC(=O)c1ccccn1.C=COC(=O)c1ccccn1. The van der Waals surface area contributed by atoms with Gasteiger partial charge in [0.25, 0.3) is 0 Å². The molecule has 22 heavy (non-hydrogen) atoms. The molecule has 0 saturated heterocycles. The molecule has 0 unspecified atom stereocenters. The van der Waals surface area contributed by atoms with Gasteiger partial charge in [0, 0.05) is 12.4 Å². The van der Waals surface area contributed by atoms with Crippen molar-refractivity contribution in [3.63, 3.8) is 0 Å². The van der Waals surface area contributed by atoms with Crippen molar-refractivity contribution in [1.29, 1.82) is 0 Å². The average Bonchev–Trinajstić information content (AvgIpc) is 2.57. The largest absolute Gasteiger partial charge is 0.430 e. The monoisotopic (exact) mass is 298 g/mol. The number of aromatic nitrogens is 2. The Morgan fingerprint density at radius 2 is 1.23 bits per heavy atom. The summed E-state index contributed by atoms with van der Waals surface area (Å²) in [6.45, 7) is 6.51. The molecule has 2 aromatic heterocycles. The van der Waals surface area contributed by atoms with E-state index in [-0.39, 0.29) is 11.4 Å². The number of carbonyl (C=O) groups is 2. The zero-order chi connectivity index (χ0) is 16.2. The molecule has 6 nitrogen and oxygen atoms in total. The molecule has 0 saturated carbocycles. The van der Waals surface area contributed by atoms with Crippen LogP contribution in [0.5, 0.6) is 0 Å². The highest BCUT2D eigenvalue weighted by atomic mass is 16.5. The summed E-state index contributed by atoms with van der Waals surface area (Å²) in [6.07, 6.45) is 5.22. The third-order valence-electron chi connectivity index (χ3n) is 2.13. The van der Waals surface area contributed by atoms with E-state index in [1.165, 1.54) is 12.4 Å². The van der Waals surface area contributed by atoms with Crippen molar-refractivity contribution in [2.75, 3.05) is 0 Å². The maximum atomic E-state index is 10.9. The lowest BCUT2D eigenvalue weighted by molar-refractivity contribution is 0.0648. The molecular formula is C16H14N2O4. The van der Waals surface area contributed by atoms with Crippen LogP contribution in [0, 0.1) is 0 Å². The van der Waals surface area contributed by atoms with Crippen LogP contribution in [0.4, 0.5) is 0 Å². The molecule has 2 aromatic rings. The van der Waals surface area contributed by atoms with Gasteiger partial charge in [-0.1, -0.05) is 25.3 Å². The van der Waals surface area contributed by atoms with E-state index in [9.17, 15) is 9.59 Å². The summed E-state index contributed by atoms with van der Waals surface area (Å²) in [5.74, 6) is -0.971. The molecule has 0 N–H and O–H groups in total. The molecule has 2 rings (SSSR count). The molecule has 0 spiro atoms. The van der Waals surface area contributed by atoms with Gasteiger partial charge in [0.2, 0.25) is 0 Å². The summed E-state index contributed by atoms with van der Waals surface area (Å²) < 4.78 is 8.98. The van der Waals surface area contributed by atoms with Crippen LogP contribution in [-0.4, -0.2) is 21.9 Å². The molecular weight excluding hydrogens is 284 g/mol. The van der Waals surface area contributed by atoms with Gasteiger partial charge in [0.05, 0.1) is 12.5 Å². The zero-order valence-corrected chi connectivity index (χ0v) is 11.7. The Kier molecular flexibility index (Phi) is 7.32. The fourth-order valence-corrected chi connectivity index (χ4v) is 1.24. The van der Waals surface area contributed by atoms with Gasteiger partial charge < -0.3 is 9.47 Å². The van der Waals surface area contributed by atoms with Crippen LogP contribution in [0.1, 0.15) is 21.0 Å². The van der Waals surface area contributed by atoms with Crippen molar-refractivity contribution in [2.45, 2.75) is 0 Å². The number of hydrogen-bond donors (Lipinski definition) is 0. The molecule has 0 atom stereocenters. The van der Waals surface area contributed by atoms with E-state index in [1.54, 1.807) is 36.4 Å². The summed E-state index contributed by atoms with van der Waals surface area (Å²) in [5, 5.41) is 0. The standard InChI is InChI=1S/2C8H7NO2/c2*1-2-11-8(10)7-5-3-4-6-9-7/h2*2-6H,1H2. The molecule has 2 heterocycles. The first-order valence-electron chi connectivity index (χ1n) is 6.15. The lowest BCUT2D eigenvalue weighted by Crippen LogP contribution is -2.01. The van der Waals surface area contributed by atoms with E-state index >= 15 is 0 Å². The van der Waals surface area contributed by atoms with E-state index in [0.29, 0.717) is 0 Å². The number of carbonyl (C=O) groups excluding carboxylic acids is 2. The van der Waals surface area contributed by atoms with Crippen LogP contribution in [0.25, 0.3) is 0 Å². The minimum absolute atomic E-state index is 0.285. The highest BCUT2D eigenvalue weighted by molar-refractivity contribution is 5.87. The molecule has 0 aliphatic rings. The first-order valence-corrected chi connectivity index (χ1v) is 6.15. The second-order valence-corrected chi connectivity index (χ2v) is 3.57. The molecule has 0 aliphatic carbocycles. The zero-order valence-electron chi connectivity index (χ0n) is 11.7. The minimum Gasteiger partial charge on any atom is -0.430 e. The summed E-state index contributed by atoms with van der Waals surface area (Å²) in [4.78, 5) is 29.3. The number of hydrogen-bond acceptors (Lipinski definition) is 6. The number of nitrogens with zero attached hydrogens (tertiary/aromatic N) is 2. The smallest absolute Gasteiger partial charge is 0.361 e. The quantitative estimate of drug-likeness (QED) is 0.638. The van der Waals surface area contributed by atoms with Crippen molar-refractivity contribution >= 4 is 11.9 Å². The minimum atomic E-state index is -0.486. The molecule has 0 bridgehead atoms. The Labute approximate surface area is 127 Å². The van der Waals surface area contributed by atoms with Crippen LogP contribution in [-0.2, 0) is 9.47 Å². The third kappa shape index (κ3) is 5.79. The lowest BCUT2D eigenvalue weighted by Gasteiger charge is -1.95. The second-order valence-electron chi connectivity index (χ2n) is 3.57. The summed E-state index contributed by atoms with van der Waals surface area (Å²) >= 11 is 0. The van der Waals surface area contributed by atoms with E-state index in [1.807, 2.05) is 0 Å². The molecule has 112 valence electrons. The maximum absolute atomic E-state index is 10.9. The van der Waals surface area contributed by atoms with E-state index in [2.05, 4.69) is 32.6 Å². The summed E-state index contributed by atoms with van der Waals surface area (Å²) in [7, 11) is 0. The Morgan fingerprint density at radius 1 is 0.818 bits per heavy atom. The third-order valence-corrected chi connectivity index (χ3v) is 2.13. The van der Waals surface area contributed by atoms with Gasteiger partial charge in [0.15, 0.2) is 0 Å². The molecule has 0 aromatic carbocycles. The van der Waals surface area contributed by atoms with Crippen molar-refractivity contribution < 1.29 is 19.1 Å². The van der Waals surface area contributed by atoms with Crippen molar-refractivity contribution in [2.24, 2.45) is 0 Å². The van der Waals surface area contributed by atoms with Gasteiger partial charge >= 0.3 is 11.9 Å². The summed E-state index contributed by atoms with van der Waals surface area (Å²) in [6, 6.07) is 10.0. The fraction of sp³-hybridized carbons (Fsp3) is 0. The summed E-state index contributed by atoms with van der Waals surface area (Å²) in [5.41, 5.74) is 0.569. The molecule has 0 radical (unpaired) electrons. The second kappa shape index (κ2) is 9.60. The van der Waals surface area contributed by atoms with Crippen molar-refractivity contribution in [3.8, 4) is 0 Å². The van der Waals surface area contributed by atoms with E-state index in [4.69, 9.17) is 0 Å².